The van der Waals surface area contributed by atoms with Crippen LogP contribution in [0.2, 0.25) is 18.6 Å². The van der Waals surface area contributed by atoms with E-state index in [9.17, 15) is 14.7 Å². The van der Waals surface area contributed by atoms with Gasteiger partial charge in [-0.1, -0.05) is 72.8 Å². The number of amides is 1. The van der Waals surface area contributed by atoms with Gasteiger partial charge in [-0.15, -0.1) is 5.10 Å². The number of benzene rings is 3. The second-order valence-electron chi connectivity index (χ2n) is 13.9. The number of anilines is 1. The number of para-hydroxylation sites is 1. The van der Waals surface area contributed by atoms with E-state index >= 15 is 4.11 Å². The van der Waals surface area contributed by atoms with E-state index in [0.717, 1.165) is 22.4 Å². The molecule has 2 aliphatic rings. The fourth-order valence-corrected chi connectivity index (χ4v) is 10.6. The number of methoxy groups -OCH3 is 1. The first kappa shape index (κ1) is 34.5. The van der Waals surface area contributed by atoms with Gasteiger partial charge in [-0.3, -0.25) is 18.8 Å². The summed E-state index contributed by atoms with van der Waals surface area (Å²) in [6.45, 7) is 5.93. The largest absolute Gasteiger partial charge is 0.491 e. The van der Waals surface area contributed by atoms with E-state index in [1.807, 2.05) is 92.0 Å². The number of ether oxygens (including phenoxy) is 2. The first-order valence-electron chi connectivity index (χ1n) is 17.3. The summed E-state index contributed by atoms with van der Waals surface area (Å²) in [4.78, 5) is 29.3. The Morgan fingerprint density at radius 1 is 1.00 bits per heavy atom. The predicted octanol–water partition coefficient (Wildman–Crippen LogP) is 5.97. The van der Waals surface area contributed by atoms with Crippen molar-refractivity contribution in [1.29, 1.82) is 0 Å². The quantitative estimate of drug-likeness (QED) is 0.133. The molecule has 5 atom stereocenters. The highest BCUT2D eigenvalue weighted by molar-refractivity contribution is 6.72. The van der Waals surface area contributed by atoms with E-state index in [4.69, 9.17) is 9.47 Å². The number of halogens is 1. The third-order valence-corrected chi connectivity index (χ3v) is 13.0. The Balaban J connectivity index is 1.14. The van der Waals surface area contributed by atoms with E-state index in [0.29, 0.717) is 24.3 Å². The van der Waals surface area contributed by atoms with Crippen molar-refractivity contribution in [1.82, 2.24) is 19.6 Å². The number of hydrogen-bond acceptors (Lipinski definition) is 7. The summed E-state index contributed by atoms with van der Waals surface area (Å²) in [5, 5.41) is 18.8. The van der Waals surface area contributed by atoms with Crippen molar-refractivity contribution < 1.29 is 23.5 Å². The molecule has 5 aromatic rings. The first-order chi connectivity index (χ1) is 24.6. The number of aliphatic hydroxyl groups is 1. The summed E-state index contributed by atoms with van der Waals surface area (Å²) in [6, 6.07) is 28.2. The second-order valence-corrected chi connectivity index (χ2v) is 17.7. The number of pyridine rings is 1. The van der Waals surface area contributed by atoms with Crippen LogP contribution in [0.3, 0.4) is 0 Å². The highest BCUT2D eigenvalue weighted by Crippen LogP contribution is 2.60. The van der Waals surface area contributed by atoms with Gasteiger partial charge in [-0.05, 0) is 61.0 Å². The van der Waals surface area contributed by atoms with E-state index < -0.39 is 31.6 Å². The van der Waals surface area contributed by atoms with Crippen LogP contribution in [0.25, 0.3) is 5.69 Å². The Hall–Kier alpha value is -4.91. The van der Waals surface area contributed by atoms with Gasteiger partial charge in [0.05, 0.1) is 43.7 Å². The summed E-state index contributed by atoms with van der Waals surface area (Å²) < 4.78 is 31.7. The van der Waals surface area contributed by atoms with Crippen LogP contribution in [0.5, 0.6) is 5.75 Å². The van der Waals surface area contributed by atoms with E-state index in [1.54, 1.807) is 41.0 Å². The molecule has 4 heterocycles. The van der Waals surface area contributed by atoms with Crippen LogP contribution >= 0.6 is 0 Å². The molecule has 0 saturated carbocycles. The molecule has 1 N–H and O–H groups in total. The Morgan fingerprint density at radius 3 is 2.43 bits per heavy atom. The maximum absolute atomic E-state index is 16.3. The minimum absolute atomic E-state index is 0.108. The number of hydrogen-bond donors (Lipinski definition) is 1. The molecule has 264 valence electrons. The second kappa shape index (κ2) is 13.7. The molecule has 1 amide bonds. The molecule has 1 unspecified atom stereocenters. The Morgan fingerprint density at radius 2 is 1.73 bits per heavy atom. The molecular weight excluding hydrogens is 666 g/mol. The SMILES string of the molecule is COc1cccn(-c2ccc(CN3C(=O)[C@@]4(O[C@@H](CCn5cc(C(CO)c6ccccc6)nn5)[C@H]([Si](C)(C)F)[C@H]4C)c4ccccc43)cc2)c1=O. The van der Waals surface area contributed by atoms with Crippen molar-refractivity contribution in [3.8, 4) is 11.4 Å². The molecule has 0 bridgehead atoms. The Bertz CT molecular complexity index is 2080. The topological polar surface area (TPSA) is 112 Å². The van der Waals surface area contributed by atoms with Crippen molar-refractivity contribution in [2.24, 2.45) is 5.92 Å². The lowest BCUT2D eigenvalue weighted by Gasteiger charge is -2.31. The van der Waals surface area contributed by atoms with Gasteiger partial charge in [-0.2, -0.15) is 0 Å². The minimum atomic E-state index is -3.35. The Kier molecular flexibility index (Phi) is 9.25. The first-order valence-corrected chi connectivity index (χ1v) is 20.2. The van der Waals surface area contributed by atoms with Crippen LogP contribution in [0.15, 0.2) is 108 Å². The van der Waals surface area contributed by atoms with E-state index in [-0.39, 0.29) is 36.3 Å². The van der Waals surface area contributed by atoms with Gasteiger partial charge in [0.2, 0.25) is 8.41 Å². The number of carbonyl (C=O) groups excluding carboxylic acids is 1. The number of aromatic nitrogens is 4. The molecule has 1 saturated heterocycles. The lowest BCUT2D eigenvalue weighted by molar-refractivity contribution is -0.146. The van der Waals surface area contributed by atoms with Gasteiger partial charge in [0.25, 0.3) is 11.5 Å². The molecule has 1 fully saturated rings. The molecule has 10 nitrogen and oxygen atoms in total. The number of rotatable bonds is 11. The monoisotopic (exact) mass is 707 g/mol. The molecule has 12 heteroatoms. The zero-order valence-electron chi connectivity index (χ0n) is 29.1. The molecule has 51 heavy (non-hydrogen) atoms. The molecule has 3 aromatic carbocycles. The fraction of sp³-hybridized carbons (Fsp3) is 0.333. The summed E-state index contributed by atoms with van der Waals surface area (Å²) in [6.07, 6.45) is 3.42. The number of aryl methyl sites for hydroxylation is 1. The summed E-state index contributed by atoms with van der Waals surface area (Å²) in [7, 11) is -1.89. The number of nitrogens with zero attached hydrogens (tertiary/aromatic N) is 5. The smallest absolute Gasteiger partial charge is 0.297 e. The maximum atomic E-state index is 16.3. The molecule has 0 radical (unpaired) electrons. The lowest BCUT2D eigenvalue weighted by Crippen LogP contribution is -2.45. The van der Waals surface area contributed by atoms with Crippen molar-refractivity contribution >= 4 is 20.0 Å². The van der Waals surface area contributed by atoms with Crippen LogP contribution in [0.4, 0.5) is 9.80 Å². The van der Waals surface area contributed by atoms with Crippen molar-refractivity contribution in [2.45, 2.75) is 62.7 Å². The van der Waals surface area contributed by atoms with Crippen LogP contribution in [-0.4, -0.2) is 58.8 Å². The highest BCUT2D eigenvalue weighted by Gasteiger charge is 2.66. The van der Waals surface area contributed by atoms with Crippen LogP contribution in [0, 0.1) is 5.92 Å². The number of aliphatic hydroxyl groups excluding tert-OH is 1. The average Bonchev–Trinajstić information content (AvgIpc) is 3.79. The van der Waals surface area contributed by atoms with Crippen molar-refractivity contribution in [3.63, 3.8) is 0 Å². The van der Waals surface area contributed by atoms with Gasteiger partial charge in [0.15, 0.2) is 11.4 Å². The summed E-state index contributed by atoms with van der Waals surface area (Å²) in [5.41, 5.74) is 2.59. The molecule has 2 aliphatic heterocycles. The third-order valence-electron chi connectivity index (χ3n) is 10.5. The Labute approximate surface area is 297 Å². The summed E-state index contributed by atoms with van der Waals surface area (Å²) in [5.74, 6) is -0.683. The van der Waals surface area contributed by atoms with E-state index in [1.165, 1.54) is 11.7 Å². The van der Waals surface area contributed by atoms with Gasteiger partial charge in [-0.25, -0.2) is 0 Å². The highest BCUT2D eigenvalue weighted by atomic mass is 28.4. The number of fused-ring (bicyclic) bond motifs is 2. The van der Waals surface area contributed by atoms with Gasteiger partial charge in [0, 0.05) is 41.6 Å². The van der Waals surface area contributed by atoms with Crippen molar-refractivity contribution in [2.75, 3.05) is 18.6 Å². The molecule has 7 rings (SSSR count). The zero-order valence-corrected chi connectivity index (χ0v) is 30.1. The summed E-state index contributed by atoms with van der Waals surface area (Å²) >= 11 is 0. The minimum Gasteiger partial charge on any atom is -0.491 e. The van der Waals surface area contributed by atoms with Crippen molar-refractivity contribution in [3.05, 3.63) is 136 Å². The normalized spacial score (nSPS) is 22.0. The predicted molar refractivity (Wildman–Crippen MR) is 194 cm³/mol. The average molecular weight is 708 g/mol. The van der Waals surface area contributed by atoms with Gasteiger partial charge >= 0.3 is 0 Å². The van der Waals surface area contributed by atoms with Crippen LogP contribution in [-0.2, 0) is 28.2 Å². The van der Waals surface area contributed by atoms with Gasteiger partial charge < -0.3 is 23.6 Å². The number of carbonyl (C=O) groups is 1. The molecule has 1 spiro atoms. The van der Waals surface area contributed by atoms with Crippen LogP contribution < -0.4 is 15.2 Å². The lowest BCUT2D eigenvalue weighted by atomic mass is 9.82. The standard InChI is InChI=1S/C39H42FN5O5Si/c1-26-36(51(3,4)40)34(20-22-43-24-32(41-42-43)30(25-46)28-11-6-5-7-12-28)50-39(26)31-13-8-9-14-33(31)45(38(39)48)23-27-16-18-29(19-17-27)44-21-10-15-35(49-2)37(44)47/h5-19,21,24,26,30,34,36,46H,20,22-23,25H2,1-4H3/t26-,30?,34+,36-,39+/m1/s1. The van der Waals surface area contributed by atoms with E-state index in [2.05, 4.69) is 10.3 Å². The van der Waals surface area contributed by atoms with Gasteiger partial charge in [0.1, 0.15) is 0 Å². The molecule has 0 aliphatic carbocycles. The van der Waals surface area contributed by atoms with Crippen LogP contribution in [0.1, 0.15) is 41.6 Å². The molecular formula is C39H42FN5O5Si. The fourth-order valence-electron chi connectivity index (χ4n) is 8.10. The third kappa shape index (κ3) is 6.11. The molecule has 2 aromatic heterocycles. The maximum Gasteiger partial charge on any atom is 0.297 e. The zero-order chi connectivity index (χ0) is 35.9.